The van der Waals surface area contributed by atoms with E-state index in [0.29, 0.717) is 34.8 Å². The fourth-order valence-corrected chi connectivity index (χ4v) is 5.78. The van der Waals surface area contributed by atoms with Crippen molar-refractivity contribution in [2.45, 2.75) is 11.8 Å². The Balaban J connectivity index is 1.70. The van der Waals surface area contributed by atoms with Crippen LogP contribution in [0.3, 0.4) is 0 Å². The van der Waals surface area contributed by atoms with Gasteiger partial charge in [0.2, 0.25) is 5.88 Å². The molecule has 0 aliphatic carbocycles. The molecule has 4 aromatic rings. The van der Waals surface area contributed by atoms with E-state index in [4.69, 9.17) is 9.47 Å². The van der Waals surface area contributed by atoms with Gasteiger partial charge in [0.1, 0.15) is 5.75 Å². The Hall–Kier alpha value is -4.11. The van der Waals surface area contributed by atoms with Crippen molar-refractivity contribution in [2.75, 3.05) is 38.2 Å². The highest BCUT2D eigenvalue weighted by Gasteiger charge is 2.28. The summed E-state index contributed by atoms with van der Waals surface area (Å²) in [5.41, 5.74) is 0.842. The summed E-state index contributed by atoms with van der Waals surface area (Å²) in [6.45, 7) is 2.46. The first-order chi connectivity index (χ1) is 17.9. The van der Waals surface area contributed by atoms with E-state index >= 15 is 0 Å². The van der Waals surface area contributed by atoms with Crippen LogP contribution in [0.5, 0.6) is 11.6 Å². The third kappa shape index (κ3) is 5.51. The van der Waals surface area contributed by atoms with E-state index < -0.39 is 10.0 Å². The molecule has 0 unspecified atom stereocenters. The first kappa shape index (κ1) is 26.0. The Kier molecular flexibility index (Phi) is 7.93. The van der Waals surface area contributed by atoms with Crippen molar-refractivity contribution in [1.82, 2.24) is 9.88 Å². The van der Waals surface area contributed by atoms with Gasteiger partial charge in [-0.3, -0.25) is 9.10 Å². The molecular formula is C28H29N3O5S. The van der Waals surface area contributed by atoms with Crippen molar-refractivity contribution in [3.05, 3.63) is 90.6 Å². The highest BCUT2D eigenvalue weighted by Crippen LogP contribution is 2.29. The highest BCUT2D eigenvalue weighted by molar-refractivity contribution is 7.93. The molecule has 0 N–H and O–H groups in total. The van der Waals surface area contributed by atoms with Gasteiger partial charge >= 0.3 is 0 Å². The van der Waals surface area contributed by atoms with Gasteiger partial charge in [-0.05, 0) is 42.6 Å². The molecule has 0 aliphatic heterocycles. The minimum Gasteiger partial charge on any atom is -0.497 e. The number of anilines is 1. The molecule has 0 radical (unpaired) electrons. The van der Waals surface area contributed by atoms with E-state index in [1.54, 1.807) is 66.6 Å². The Bertz CT molecular complexity index is 1480. The summed E-state index contributed by atoms with van der Waals surface area (Å²) in [7, 11) is -0.973. The highest BCUT2D eigenvalue weighted by atomic mass is 32.2. The molecule has 9 heteroatoms. The Morgan fingerprint density at radius 3 is 2.35 bits per heavy atom. The standard InChI is InChI=1S/C28H29N3O5S/c1-4-30(28(32)22-11-7-12-24(19-22)35-2)17-18-31(23-15-16-27(36-3)29-20-23)37(33,34)26-14-8-10-21-9-5-6-13-25(21)26/h5-16,19-20H,4,17-18H2,1-3H3. The summed E-state index contributed by atoms with van der Waals surface area (Å²) in [4.78, 5) is 19.3. The van der Waals surface area contributed by atoms with E-state index in [9.17, 15) is 13.2 Å². The van der Waals surface area contributed by atoms with Crippen LogP contribution in [0.2, 0.25) is 0 Å². The summed E-state index contributed by atoms with van der Waals surface area (Å²) in [6, 6.07) is 22.7. The molecule has 192 valence electrons. The van der Waals surface area contributed by atoms with Crippen molar-refractivity contribution in [3.8, 4) is 11.6 Å². The van der Waals surface area contributed by atoms with E-state index in [-0.39, 0.29) is 23.9 Å². The number of ether oxygens (including phenoxy) is 2. The number of likely N-dealkylation sites (N-methyl/N-ethyl adjacent to an activating group) is 1. The van der Waals surface area contributed by atoms with Crippen molar-refractivity contribution in [1.29, 1.82) is 0 Å². The Morgan fingerprint density at radius 2 is 1.65 bits per heavy atom. The van der Waals surface area contributed by atoms with Crippen molar-refractivity contribution in [3.63, 3.8) is 0 Å². The molecule has 1 amide bonds. The molecule has 8 nitrogen and oxygen atoms in total. The number of rotatable bonds is 10. The van der Waals surface area contributed by atoms with Crippen molar-refractivity contribution < 1.29 is 22.7 Å². The molecule has 0 bridgehead atoms. The smallest absolute Gasteiger partial charge is 0.265 e. The number of nitrogens with zero attached hydrogens (tertiary/aromatic N) is 3. The SMILES string of the molecule is CCN(CCN(c1ccc(OC)nc1)S(=O)(=O)c1cccc2ccccc12)C(=O)c1cccc(OC)c1. The maximum Gasteiger partial charge on any atom is 0.265 e. The largest absolute Gasteiger partial charge is 0.497 e. The molecular weight excluding hydrogens is 490 g/mol. The lowest BCUT2D eigenvalue weighted by Crippen LogP contribution is -2.41. The zero-order valence-electron chi connectivity index (χ0n) is 21.0. The molecule has 0 saturated heterocycles. The van der Waals surface area contributed by atoms with Gasteiger partial charge in [0, 0.05) is 30.1 Å². The topological polar surface area (TPSA) is 89.0 Å². The third-order valence-corrected chi connectivity index (χ3v) is 7.98. The second-order valence-electron chi connectivity index (χ2n) is 8.23. The van der Waals surface area contributed by atoms with Gasteiger partial charge in [0.25, 0.3) is 15.9 Å². The quantitative estimate of drug-likeness (QED) is 0.304. The summed E-state index contributed by atoms with van der Waals surface area (Å²) >= 11 is 0. The Morgan fingerprint density at radius 1 is 0.892 bits per heavy atom. The third-order valence-electron chi connectivity index (χ3n) is 6.09. The van der Waals surface area contributed by atoms with Crippen LogP contribution < -0.4 is 13.8 Å². The molecule has 0 atom stereocenters. The summed E-state index contributed by atoms with van der Waals surface area (Å²) in [6.07, 6.45) is 1.46. The number of fused-ring (bicyclic) bond motifs is 1. The second kappa shape index (κ2) is 11.3. The van der Waals surface area contributed by atoms with Gasteiger partial charge < -0.3 is 14.4 Å². The van der Waals surface area contributed by atoms with Crippen LogP contribution in [0.25, 0.3) is 10.8 Å². The van der Waals surface area contributed by atoms with Crippen LogP contribution in [0.1, 0.15) is 17.3 Å². The van der Waals surface area contributed by atoms with Gasteiger partial charge in [-0.2, -0.15) is 0 Å². The monoisotopic (exact) mass is 519 g/mol. The van der Waals surface area contributed by atoms with Crippen LogP contribution in [0.4, 0.5) is 5.69 Å². The molecule has 3 aromatic carbocycles. The predicted molar refractivity (Wildman–Crippen MR) is 144 cm³/mol. The minimum atomic E-state index is -4.01. The molecule has 0 fully saturated rings. The number of aromatic nitrogens is 1. The summed E-state index contributed by atoms with van der Waals surface area (Å²) in [5, 5.41) is 1.44. The average molecular weight is 520 g/mol. The van der Waals surface area contributed by atoms with Gasteiger partial charge in [-0.1, -0.05) is 42.5 Å². The van der Waals surface area contributed by atoms with Crippen molar-refractivity contribution >= 4 is 32.4 Å². The molecule has 0 aliphatic rings. The first-order valence-corrected chi connectivity index (χ1v) is 13.3. The van der Waals surface area contributed by atoms with Crippen LogP contribution in [0.15, 0.2) is 90.0 Å². The predicted octanol–water partition coefficient (Wildman–Crippen LogP) is 4.61. The van der Waals surface area contributed by atoms with E-state index in [0.717, 1.165) is 5.39 Å². The maximum atomic E-state index is 14.1. The number of pyridine rings is 1. The van der Waals surface area contributed by atoms with Gasteiger partial charge in [-0.15, -0.1) is 0 Å². The number of hydrogen-bond acceptors (Lipinski definition) is 6. The minimum absolute atomic E-state index is 0.0309. The maximum absolute atomic E-state index is 14.1. The van der Waals surface area contributed by atoms with Crippen LogP contribution in [0, 0.1) is 0 Å². The fourth-order valence-electron chi connectivity index (χ4n) is 4.12. The van der Waals surface area contributed by atoms with Crippen molar-refractivity contribution in [2.24, 2.45) is 0 Å². The first-order valence-electron chi connectivity index (χ1n) is 11.8. The van der Waals surface area contributed by atoms with Crippen LogP contribution >= 0.6 is 0 Å². The summed E-state index contributed by atoms with van der Waals surface area (Å²) < 4.78 is 39.8. The zero-order valence-corrected chi connectivity index (χ0v) is 21.8. The number of carbonyl (C=O) groups is 1. The normalized spacial score (nSPS) is 11.2. The van der Waals surface area contributed by atoms with E-state index in [1.807, 2.05) is 31.2 Å². The van der Waals surface area contributed by atoms with Crippen LogP contribution in [-0.4, -0.2) is 58.1 Å². The number of sulfonamides is 1. The molecule has 0 spiro atoms. The molecule has 1 heterocycles. The van der Waals surface area contributed by atoms with E-state index in [1.165, 1.54) is 17.6 Å². The van der Waals surface area contributed by atoms with Gasteiger partial charge in [-0.25, -0.2) is 13.4 Å². The number of hydrogen-bond donors (Lipinski definition) is 0. The lowest BCUT2D eigenvalue weighted by atomic mass is 10.1. The van der Waals surface area contributed by atoms with E-state index in [2.05, 4.69) is 4.98 Å². The molecule has 4 rings (SSSR count). The lowest BCUT2D eigenvalue weighted by Gasteiger charge is -2.28. The lowest BCUT2D eigenvalue weighted by molar-refractivity contribution is 0.0769. The van der Waals surface area contributed by atoms with Crippen LogP contribution in [-0.2, 0) is 10.0 Å². The zero-order chi connectivity index (χ0) is 26.4. The number of methoxy groups -OCH3 is 2. The number of carbonyl (C=O) groups excluding carboxylic acids is 1. The fraction of sp³-hybridized carbons (Fsp3) is 0.214. The van der Waals surface area contributed by atoms with Gasteiger partial charge in [0.05, 0.1) is 37.5 Å². The van der Waals surface area contributed by atoms with Gasteiger partial charge in [0.15, 0.2) is 0 Å². The Labute approximate surface area is 217 Å². The summed E-state index contributed by atoms with van der Waals surface area (Å²) in [5.74, 6) is 0.734. The average Bonchev–Trinajstić information content (AvgIpc) is 2.94. The molecule has 1 aromatic heterocycles. The second-order valence-corrected chi connectivity index (χ2v) is 10.1. The number of benzene rings is 3. The number of amides is 1. The molecule has 37 heavy (non-hydrogen) atoms. The molecule has 0 saturated carbocycles.